The number of hydrogen-bond acceptors (Lipinski definition) is 5. The van der Waals surface area contributed by atoms with Crippen molar-refractivity contribution in [1.29, 1.82) is 0 Å². The van der Waals surface area contributed by atoms with Gasteiger partial charge < -0.3 is 14.6 Å². The number of aromatic nitrogens is 1. The Morgan fingerprint density at radius 2 is 1.24 bits per heavy atom. The SMILES string of the molecule is CCCCCCCCCCCCCCCCCC[n+]1ccc2ccccc2c1COc1ccccc1NNC(=O)C(F)(F)C(F)(F)C(=O)[O-]. The lowest BCUT2D eigenvalue weighted by molar-refractivity contribution is -0.704. The summed E-state index contributed by atoms with van der Waals surface area (Å²) in [5.74, 6) is -17.0. The first-order valence-corrected chi connectivity index (χ1v) is 17.7. The molecule has 3 rings (SSSR count). The number of para-hydroxylation sites is 2. The Bertz CT molecular complexity index is 1450. The van der Waals surface area contributed by atoms with E-state index >= 15 is 0 Å². The fourth-order valence-electron chi connectivity index (χ4n) is 5.84. The highest BCUT2D eigenvalue weighted by Gasteiger charge is 2.63. The van der Waals surface area contributed by atoms with Crippen LogP contribution < -0.4 is 25.3 Å². The van der Waals surface area contributed by atoms with Gasteiger partial charge in [0.15, 0.2) is 12.8 Å². The van der Waals surface area contributed by atoms with E-state index in [2.05, 4.69) is 16.9 Å². The van der Waals surface area contributed by atoms with Crippen LogP contribution >= 0.6 is 0 Å². The summed E-state index contributed by atoms with van der Waals surface area (Å²) in [6.45, 7) is 3.12. The number of benzene rings is 2. The number of halogens is 4. The molecule has 1 aromatic heterocycles. The van der Waals surface area contributed by atoms with Gasteiger partial charge in [-0.1, -0.05) is 127 Å². The Balaban J connectivity index is 1.47. The largest absolute Gasteiger partial charge is 0.544 e. The fraction of sp³-hybridized carbons (Fsp3) is 0.553. The molecule has 0 saturated carbocycles. The fourth-order valence-corrected chi connectivity index (χ4v) is 5.84. The number of unbranched alkanes of at least 4 members (excludes halogenated alkanes) is 15. The van der Waals surface area contributed by atoms with Crippen molar-refractivity contribution in [3.8, 4) is 5.75 Å². The van der Waals surface area contributed by atoms with Gasteiger partial charge in [0.1, 0.15) is 18.3 Å². The smallest absolute Gasteiger partial charge is 0.393 e. The molecule has 0 radical (unpaired) electrons. The molecule has 0 unspecified atom stereocenters. The summed E-state index contributed by atoms with van der Waals surface area (Å²) in [5.41, 5.74) is 4.50. The highest BCUT2D eigenvalue weighted by atomic mass is 19.3. The van der Waals surface area contributed by atoms with Gasteiger partial charge in [-0.05, 0) is 30.0 Å². The van der Waals surface area contributed by atoms with E-state index in [1.807, 2.05) is 36.5 Å². The van der Waals surface area contributed by atoms with E-state index in [9.17, 15) is 32.3 Å². The number of amides is 1. The Morgan fingerprint density at radius 1 is 0.714 bits per heavy atom. The summed E-state index contributed by atoms with van der Waals surface area (Å²) in [6, 6.07) is 15.9. The second-order valence-electron chi connectivity index (χ2n) is 12.6. The van der Waals surface area contributed by atoms with Gasteiger partial charge in [0.2, 0.25) is 5.69 Å². The van der Waals surface area contributed by atoms with Crippen molar-refractivity contribution in [3.05, 3.63) is 66.5 Å². The molecule has 0 aliphatic carbocycles. The number of nitrogens with one attached hydrogen (secondary N) is 2. The molecular weight excluding hydrogens is 638 g/mol. The molecule has 1 amide bonds. The number of aliphatic carboxylic acids is 1. The summed E-state index contributed by atoms with van der Waals surface area (Å²) < 4.78 is 62.7. The van der Waals surface area contributed by atoms with Crippen molar-refractivity contribution in [2.45, 2.75) is 135 Å². The molecule has 0 bridgehead atoms. The van der Waals surface area contributed by atoms with Gasteiger partial charge in [0.05, 0.1) is 11.1 Å². The van der Waals surface area contributed by atoms with Crippen molar-refractivity contribution in [2.24, 2.45) is 0 Å². The molecule has 0 fully saturated rings. The molecule has 0 aliphatic heterocycles. The van der Waals surface area contributed by atoms with Crippen LogP contribution in [0.4, 0.5) is 23.2 Å². The van der Waals surface area contributed by atoms with Crippen molar-refractivity contribution < 1.29 is 41.6 Å². The first-order valence-electron chi connectivity index (χ1n) is 17.7. The van der Waals surface area contributed by atoms with E-state index in [1.54, 1.807) is 6.07 Å². The number of carbonyl (C=O) groups excluding carboxylic acids is 2. The number of rotatable bonds is 25. The topological polar surface area (TPSA) is 94.4 Å². The molecule has 0 spiro atoms. The predicted octanol–water partition coefficient (Wildman–Crippen LogP) is 8.43. The number of carboxylic acid groups (broad SMARTS) is 1. The van der Waals surface area contributed by atoms with Crippen LogP contribution in [0.25, 0.3) is 10.8 Å². The number of hydrogen-bond donors (Lipinski definition) is 2. The monoisotopic (exact) mass is 689 g/mol. The summed E-state index contributed by atoms with van der Waals surface area (Å²) in [7, 11) is 0. The number of alkyl halides is 4. The Morgan fingerprint density at radius 3 is 1.84 bits per heavy atom. The van der Waals surface area contributed by atoms with Crippen LogP contribution in [0.3, 0.4) is 0 Å². The van der Waals surface area contributed by atoms with Gasteiger partial charge in [-0.25, -0.2) is 0 Å². The van der Waals surface area contributed by atoms with Crippen LogP contribution in [-0.4, -0.2) is 23.7 Å². The van der Waals surface area contributed by atoms with Crippen molar-refractivity contribution in [1.82, 2.24) is 5.43 Å². The zero-order chi connectivity index (χ0) is 35.5. The number of ether oxygens (including phenoxy) is 1. The third-order valence-corrected chi connectivity index (χ3v) is 8.80. The molecule has 0 atom stereocenters. The lowest BCUT2D eigenvalue weighted by Crippen LogP contribution is -2.61. The minimum absolute atomic E-state index is 0.00741. The Labute approximate surface area is 287 Å². The lowest BCUT2D eigenvalue weighted by Gasteiger charge is -2.26. The predicted molar refractivity (Wildman–Crippen MR) is 181 cm³/mol. The number of aryl methyl sites for hydroxylation is 1. The Hall–Kier alpha value is -3.89. The van der Waals surface area contributed by atoms with E-state index in [4.69, 9.17) is 4.74 Å². The zero-order valence-electron chi connectivity index (χ0n) is 28.6. The van der Waals surface area contributed by atoms with Crippen molar-refractivity contribution in [2.75, 3.05) is 5.43 Å². The van der Waals surface area contributed by atoms with Crippen LogP contribution in [0.15, 0.2) is 60.8 Å². The highest BCUT2D eigenvalue weighted by molar-refractivity contribution is 5.92. The zero-order valence-corrected chi connectivity index (χ0v) is 28.6. The molecule has 11 heteroatoms. The van der Waals surface area contributed by atoms with E-state index < -0.39 is 23.7 Å². The number of carboxylic acids is 1. The normalized spacial score (nSPS) is 11.9. The molecule has 270 valence electrons. The van der Waals surface area contributed by atoms with Crippen LogP contribution in [0, 0.1) is 0 Å². The van der Waals surface area contributed by atoms with Gasteiger partial charge in [-0.2, -0.15) is 22.1 Å². The molecule has 1 heterocycles. The first kappa shape index (κ1) is 39.5. The third-order valence-electron chi connectivity index (χ3n) is 8.80. The minimum Gasteiger partial charge on any atom is -0.544 e. The van der Waals surface area contributed by atoms with Crippen LogP contribution in [0.1, 0.15) is 115 Å². The van der Waals surface area contributed by atoms with Crippen LogP contribution in [0.5, 0.6) is 5.75 Å². The van der Waals surface area contributed by atoms with E-state index in [0.717, 1.165) is 35.9 Å². The van der Waals surface area contributed by atoms with Gasteiger partial charge in [-0.15, -0.1) is 0 Å². The summed E-state index contributed by atoms with van der Waals surface area (Å²) in [5, 5.41) is 12.5. The van der Waals surface area contributed by atoms with Crippen LogP contribution in [0.2, 0.25) is 0 Å². The minimum atomic E-state index is -5.71. The number of fused-ring (bicyclic) bond motifs is 1. The second-order valence-corrected chi connectivity index (χ2v) is 12.6. The van der Waals surface area contributed by atoms with E-state index in [-0.39, 0.29) is 18.0 Å². The summed E-state index contributed by atoms with van der Waals surface area (Å²) in [6.07, 6.45) is 22.7. The first-order chi connectivity index (χ1) is 23.6. The number of hydrazine groups is 1. The number of anilines is 1. The molecule has 7 nitrogen and oxygen atoms in total. The molecule has 0 saturated heterocycles. The third kappa shape index (κ3) is 12.2. The second kappa shape index (κ2) is 20.6. The summed E-state index contributed by atoms with van der Waals surface area (Å²) in [4.78, 5) is 22.3. The molecule has 3 aromatic rings. The highest BCUT2D eigenvalue weighted by Crippen LogP contribution is 2.34. The number of pyridine rings is 1. The maximum absolute atomic E-state index is 13.9. The number of carbonyl (C=O) groups is 2. The van der Waals surface area contributed by atoms with E-state index in [1.165, 1.54) is 114 Å². The van der Waals surface area contributed by atoms with Gasteiger partial charge in [0, 0.05) is 12.5 Å². The lowest BCUT2D eigenvalue weighted by atomic mass is 10.0. The molecular formula is C38H51F4N3O4. The van der Waals surface area contributed by atoms with E-state index in [0.29, 0.717) is 0 Å². The molecule has 2 N–H and O–H groups in total. The standard InChI is InChI=1S/C38H51F4N3O4/c1-2-3-4-5-6-7-8-9-10-11-12-13-14-15-16-21-27-45-28-26-30-22-17-18-23-31(30)33(45)29-49-34-25-20-19-24-32(34)43-44-35(46)37(39,40)38(41,42)36(47)48/h17-20,22-26,28,43H,2-16,21,27,29H2,1H3,(H-,44,46,47,48). The average molecular weight is 690 g/mol. The quantitative estimate of drug-likeness (QED) is 0.0403. The van der Waals surface area contributed by atoms with Gasteiger partial charge >= 0.3 is 17.8 Å². The molecule has 2 aromatic carbocycles. The van der Waals surface area contributed by atoms with Crippen molar-refractivity contribution in [3.63, 3.8) is 0 Å². The number of nitrogens with zero attached hydrogens (tertiary/aromatic N) is 1. The maximum Gasteiger partial charge on any atom is 0.393 e. The maximum atomic E-state index is 13.9. The van der Waals surface area contributed by atoms with Crippen LogP contribution in [-0.2, 0) is 22.7 Å². The molecule has 49 heavy (non-hydrogen) atoms. The van der Waals surface area contributed by atoms with Gasteiger partial charge in [-0.3, -0.25) is 15.6 Å². The van der Waals surface area contributed by atoms with Gasteiger partial charge in [0.25, 0.3) is 0 Å². The average Bonchev–Trinajstić information content (AvgIpc) is 3.09. The Kier molecular flexibility index (Phi) is 16.6. The summed E-state index contributed by atoms with van der Waals surface area (Å²) >= 11 is 0. The van der Waals surface area contributed by atoms with Crippen molar-refractivity contribution >= 4 is 28.3 Å². The molecule has 0 aliphatic rings.